The van der Waals surface area contributed by atoms with Crippen molar-refractivity contribution in [2.45, 2.75) is 65.5 Å². The highest BCUT2D eigenvalue weighted by molar-refractivity contribution is 5.25. The molecule has 1 aromatic rings. The van der Waals surface area contributed by atoms with Gasteiger partial charge in [0.05, 0.1) is 18.2 Å². The van der Waals surface area contributed by atoms with Crippen LogP contribution < -0.4 is 5.32 Å². The summed E-state index contributed by atoms with van der Waals surface area (Å²) >= 11 is 0. The molecule has 0 saturated heterocycles. The Bertz CT molecular complexity index is 364. The monoisotopic (exact) mass is 277 g/mol. The van der Waals surface area contributed by atoms with Crippen molar-refractivity contribution in [2.24, 2.45) is 0 Å². The van der Waals surface area contributed by atoms with Gasteiger partial charge in [-0.2, -0.15) is 0 Å². The predicted octanol–water partition coefficient (Wildman–Crippen LogP) is 4.49. The Kier molecular flexibility index (Phi) is 7.25. The molecule has 0 aliphatic heterocycles. The highest BCUT2D eigenvalue weighted by Gasteiger charge is 2.16. The van der Waals surface area contributed by atoms with E-state index in [1.807, 2.05) is 0 Å². The van der Waals surface area contributed by atoms with Crippen molar-refractivity contribution in [3.63, 3.8) is 0 Å². The topological polar surface area (TPSA) is 21.3 Å². The second-order valence-corrected chi connectivity index (χ2v) is 6.42. The van der Waals surface area contributed by atoms with Crippen molar-refractivity contribution in [3.05, 3.63) is 35.4 Å². The molecular formula is C18H31NO. The molecule has 1 N–H and O–H groups in total. The zero-order valence-corrected chi connectivity index (χ0v) is 13.8. The van der Waals surface area contributed by atoms with E-state index in [2.05, 4.69) is 64.2 Å². The number of ether oxygens (including phenoxy) is 1. The van der Waals surface area contributed by atoms with Gasteiger partial charge in [-0.05, 0) is 51.3 Å². The van der Waals surface area contributed by atoms with Gasteiger partial charge in [-0.25, -0.2) is 0 Å². The summed E-state index contributed by atoms with van der Waals surface area (Å²) in [6.07, 6.45) is 3.50. The van der Waals surface area contributed by atoms with Crippen LogP contribution in [0.4, 0.5) is 0 Å². The van der Waals surface area contributed by atoms with E-state index in [0.717, 1.165) is 26.0 Å². The first-order chi connectivity index (χ1) is 9.46. The van der Waals surface area contributed by atoms with E-state index in [0.29, 0.717) is 0 Å². The van der Waals surface area contributed by atoms with Crippen molar-refractivity contribution >= 4 is 0 Å². The normalized spacial score (nSPS) is 13.4. The Morgan fingerprint density at radius 1 is 1.05 bits per heavy atom. The van der Waals surface area contributed by atoms with E-state index >= 15 is 0 Å². The molecule has 0 aromatic heterocycles. The molecule has 1 aromatic carbocycles. The lowest BCUT2D eigenvalue weighted by Gasteiger charge is -2.25. The molecule has 114 valence electrons. The second-order valence-electron chi connectivity index (χ2n) is 6.42. The minimum Gasteiger partial charge on any atom is -0.374 e. The van der Waals surface area contributed by atoms with Crippen molar-refractivity contribution in [1.29, 1.82) is 0 Å². The Labute approximate surface area is 124 Å². The van der Waals surface area contributed by atoms with Gasteiger partial charge >= 0.3 is 0 Å². The van der Waals surface area contributed by atoms with Gasteiger partial charge in [-0.1, -0.05) is 44.5 Å². The highest BCUT2D eigenvalue weighted by atomic mass is 16.5. The van der Waals surface area contributed by atoms with Crippen LogP contribution in [0.2, 0.25) is 0 Å². The Morgan fingerprint density at radius 3 is 2.20 bits per heavy atom. The van der Waals surface area contributed by atoms with E-state index in [1.165, 1.54) is 17.5 Å². The molecule has 1 atom stereocenters. The third-order valence-corrected chi connectivity index (χ3v) is 3.24. The lowest BCUT2D eigenvalue weighted by atomic mass is 10.0. The first-order valence-corrected chi connectivity index (χ1v) is 7.92. The average Bonchev–Trinajstić information content (AvgIpc) is 2.39. The minimum atomic E-state index is -0.0890. The fourth-order valence-corrected chi connectivity index (χ4v) is 2.13. The molecule has 2 nitrogen and oxygen atoms in total. The summed E-state index contributed by atoms with van der Waals surface area (Å²) in [6, 6.07) is 9.26. The predicted molar refractivity (Wildman–Crippen MR) is 87.2 cm³/mol. The standard InChI is InChI=1S/C18H31NO/c1-6-8-15-9-11-16(12-10-15)17(19-13-7-2)14-20-18(3,4)5/h9-12,17,19H,6-8,13-14H2,1-5H3. The smallest absolute Gasteiger partial charge is 0.0668 e. The molecule has 0 saturated carbocycles. The highest BCUT2D eigenvalue weighted by Crippen LogP contribution is 2.18. The van der Waals surface area contributed by atoms with Crippen molar-refractivity contribution in [2.75, 3.05) is 13.2 Å². The summed E-state index contributed by atoms with van der Waals surface area (Å²) in [5, 5.41) is 3.58. The van der Waals surface area contributed by atoms with Crippen LogP contribution >= 0.6 is 0 Å². The van der Waals surface area contributed by atoms with Crippen LogP contribution in [-0.4, -0.2) is 18.8 Å². The number of hydrogen-bond donors (Lipinski definition) is 1. The van der Waals surface area contributed by atoms with Gasteiger partial charge in [0, 0.05) is 0 Å². The van der Waals surface area contributed by atoms with E-state index in [9.17, 15) is 0 Å². The van der Waals surface area contributed by atoms with Crippen LogP contribution in [0.25, 0.3) is 0 Å². The summed E-state index contributed by atoms with van der Waals surface area (Å²) in [4.78, 5) is 0. The molecule has 1 rings (SSSR count). The molecule has 0 spiro atoms. The third kappa shape index (κ3) is 6.53. The van der Waals surface area contributed by atoms with Gasteiger partial charge in [-0.15, -0.1) is 0 Å². The van der Waals surface area contributed by atoms with Crippen molar-refractivity contribution in [1.82, 2.24) is 5.32 Å². The Hall–Kier alpha value is -0.860. The molecule has 20 heavy (non-hydrogen) atoms. The van der Waals surface area contributed by atoms with Gasteiger partial charge in [0.1, 0.15) is 0 Å². The van der Waals surface area contributed by atoms with E-state index in [4.69, 9.17) is 4.74 Å². The van der Waals surface area contributed by atoms with Gasteiger partial charge in [0.25, 0.3) is 0 Å². The fraction of sp³-hybridized carbons (Fsp3) is 0.667. The van der Waals surface area contributed by atoms with Crippen LogP contribution in [-0.2, 0) is 11.2 Å². The maximum Gasteiger partial charge on any atom is 0.0668 e. The quantitative estimate of drug-likeness (QED) is 0.755. The maximum atomic E-state index is 5.96. The molecule has 0 radical (unpaired) electrons. The van der Waals surface area contributed by atoms with Gasteiger partial charge in [0.15, 0.2) is 0 Å². The lowest BCUT2D eigenvalue weighted by Crippen LogP contribution is -2.30. The van der Waals surface area contributed by atoms with Gasteiger partial charge in [0.2, 0.25) is 0 Å². The summed E-state index contributed by atoms with van der Waals surface area (Å²) < 4.78 is 5.96. The van der Waals surface area contributed by atoms with E-state index < -0.39 is 0 Å². The molecule has 0 heterocycles. The van der Waals surface area contributed by atoms with E-state index in [-0.39, 0.29) is 11.6 Å². The minimum absolute atomic E-state index is 0.0890. The molecule has 0 aliphatic rings. The first-order valence-electron chi connectivity index (χ1n) is 7.92. The summed E-state index contributed by atoms with van der Waals surface area (Å²) in [5.41, 5.74) is 2.65. The lowest BCUT2D eigenvalue weighted by molar-refractivity contribution is -0.0147. The van der Waals surface area contributed by atoms with Crippen LogP contribution in [0.5, 0.6) is 0 Å². The molecule has 0 aliphatic carbocycles. The molecule has 0 fully saturated rings. The maximum absolute atomic E-state index is 5.96. The molecule has 1 unspecified atom stereocenters. The first kappa shape index (κ1) is 17.2. The molecule has 0 bridgehead atoms. The zero-order chi connectivity index (χ0) is 15.0. The summed E-state index contributed by atoms with van der Waals surface area (Å²) in [7, 11) is 0. The number of rotatable bonds is 8. The van der Waals surface area contributed by atoms with Gasteiger partial charge < -0.3 is 10.1 Å². The molecule has 0 amide bonds. The Balaban J connectivity index is 2.70. The number of hydrogen-bond acceptors (Lipinski definition) is 2. The summed E-state index contributed by atoms with van der Waals surface area (Å²) in [6.45, 7) is 12.5. The van der Waals surface area contributed by atoms with Crippen molar-refractivity contribution < 1.29 is 4.74 Å². The van der Waals surface area contributed by atoms with E-state index in [1.54, 1.807) is 0 Å². The summed E-state index contributed by atoms with van der Waals surface area (Å²) in [5.74, 6) is 0. The zero-order valence-electron chi connectivity index (χ0n) is 13.8. The Morgan fingerprint density at radius 2 is 1.70 bits per heavy atom. The molecule has 2 heteroatoms. The fourth-order valence-electron chi connectivity index (χ4n) is 2.13. The largest absolute Gasteiger partial charge is 0.374 e. The third-order valence-electron chi connectivity index (χ3n) is 3.24. The second kappa shape index (κ2) is 8.43. The average molecular weight is 277 g/mol. The SMILES string of the molecule is CCCNC(COC(C)(C)C)c1ccc(CCC)cc1. The van der Waals surface area contributed by atoms with Crippen LogP contribution in [0.15, 0.2) is 24.3 Å². The van der Waals surface area contributed by atoms with Crippen LogP contribution in [0, 0.1) is 0 Å². The van der Waals surface area contributed by atoms with Gasteiger partial charge in [-0.3, -0.25) is 0 Å². The van der Waals surface area contributed by atoms with Crippen LogP contribution in [0.1, 0.15) is 64.6 Å². The number of benzene rings is 1. The molecular weight excluding hydrogens is 246 g/mol. The number of aryl methyl sites for hydroxylation is 1. The van der Waals surface area contributed by atoms with Crippen molar-refractivity contribution in [3.8, 4) is 0 Å². The van der Waals surface area contributed by atoms with Crippen LogP contribution in [0.3, 0.4) is 0 Å². The number of nitrogens with one attached hydrogen (secondary N) is 1.